The molecule has 1 fully saturated rings. The molecule has 1 aliphatic rings. The number of rotatable bonds is 8. The lowest BCUT2D eigenvalue weighted by Gasteiger charge is -2.10. The Morgan fingerprint density at radius 2 is 2.05 bits per heavy atom. The van der Waals surface area contributed by atoms with Gasteiger partial charge in [-0.15, -0.1) is 0 Å². The van der Waals surface area contributed by atoms with E-state index in [0.29, 0.717) is 0 Å². The Labute approximate surface area is 128 Å². The molecule has 0 bridgehead atoms. The molecule has 0 aromatic carbocycles. The van der Waals surface area contributed by atoms with E-state index >= 15 is 0 Å². The van der Waals surface area contributed by atoms with Crippen molar-refractivity contribution in [1.29, 1.82) is 0 Å². The fourth-order valence-electron chi connectivity index (χ4n) is 3.21. The van der Waals surface area contributed by atoms with Crippen LogP contribution < -0.4 is 5.32 Å². The van der Waals surface area contributed by atoms with E-state index in [4.69, 9.17) is 11.6 Å². The van der Waals surface area contributed by atoms with Crippen molar-refractivity contribution >= 4 is 11.6 Å². The third kappa shape index (κ3) is 3.98. The van der Waals surface area contributed by atoms with E-state index in [2.05, 4.69) is 24.3 Å². The lowest BCUT2D eigenvalue weighted by Crippen LogP contribution is -2.18. The molecule has 0 spiro atoms. The van der Waals surface area contributed by atoms with Gasteiger partial charge in [-0.2, -0.15) is 5.10 Å². The van der Waals surface area contributed by atoms with Gasteiger partial charge in [0.1, 0.15) is 0 Å². The molecule has 114 valence electrons. The van der Waals surface area contributed by atoms with E-state index in [9.17, 15) is 0 Å². The quantitative estimate of drug-likeness (QED) is 0.730. The van der Waals surface area contributed by atoms with Gasteiger partial charge in [0.15, 0.2) is 0 Å². The van der Waals surface area contributed by atoms with Crippen molar-refractivity contribution < 1.29 is 0 Å². The number of aromatic nitrogens is 2. The van der Waals surface area contributed by atoms with Crippen LogP contribution >= 0.6 is 11.6 Å². The summed E-state index contributed by atoms with van der Waals surface area (Å²) in [5.41, 5.74) is 2.17. The Kier molecular flexibility index (Phi) is 6.37. The summed E-state index contributed by atoms with van der Waals surface area (Å²) in [6.45, 7) is 7.03. The summed E-state index contributed by atoms with van der Waals surface area (Å²) in [5, 5.41) is 8.95. The highest BCUT2D eigenvalue weighted by molar-refractivity contribution is 6.31. The third-order valence-corrected chi connectivity index (χ3v) is 4.86. The Balaban J connectivity index is 1.74. The van der Waals surface area contributed by atoms with Crippen LogP contribution in [0.4, 0.5) is 0 Å². The number of hydrogen-bond acceptors (Lipinski definition) is 2. The average Bonchev–Trinajstić information content (AvgIpc) is 3.07. The van der Waals surface area contributed by atoms with Crippen molar-refractivity contribution in [3.8, 4) is 0 Å². The predicted octanol–water partition coefficient (Wildman–Crippen LogP) is 4.18. The van der Waals surface area contributed by atoms with Crippen molar-refractivity contribution in [3.05, 3.63) is 16.4 Å². The number of nitrogens with one attached hydrogen (secondary N) is 1. The lowest BCUT2D eigenvalue weighted by atomic mass is 10.0. The molecule has 4 heteroatoms. The van der Waals surface area contributed by atoms with Gasteiger partial charge in [-0.3, -0.25) is 4.68 Å². The highest BCUT2D eigenvalue weighted by Gasteiger charge is 2.15. The van der Waals surface area contributed by atoms with Crippen LogP contribution in [0, 0.1) is 5.92 Å². The molecule has 0 saturated heterocycles. The molecule has 20 heavy (non-hydrogen) atoms. The van der Waals surface area contributed by atoms with Crippen molar-refractivity contribution in [1.82, 2.24) is 15.1 Å². The van der Waals surface area contributed by atoms with E-state index in [1.54, 1.807) is 0 Å². The number of halogens is 1. The van der Waals surface area contributed by atoms with Gasteiger partial charge < -0.3 is 5.32 Å². The number of nitrogens with zero attached hydrogens (tertiary/aromatic N) is 2. The predicted molar refractivity (Wildman–Crippen MR) is 85.2 cm³/mol. The summed E-state index contributed by atoms with van der Waals surface area (Å²) in [6, 6.07) is 0. The summed E-state index contributed by atoms with van der Waals surface area (Å²) in [5.74, 6) is 0.994. The molecule has 0 unspecified atom stereocenters. The topological polar surface area (TPSA) is 29.9 Å². The van der Waals surface area contributed by atoms with Crippen LogP contribution in [0.15, 0.2) is 0 Å². The van der Waals surface area contributed by atoms with E-state index in [-0.39, 0.29) is 0 Å². The summed E-state index contributed by atoms with van der Waals surface area (Å²) in [4.78, 5) is 0. The molecular weight excluding hydrogens is 270 g/mol. The van der Waals surface area contributed by atoms with Crippen LogP contribution in [0.5, 0.6) is 0 Å². The van der Waals surface area contributed by atoms with E-state index in [1.165, 1.54) is 38.5 Å². The fourth-order valence-corrected chi connectivity index (χ4v) is 3.54. The largest absolute Gasteiger partial charge is 0.311 e. The first-order valence-electron chi connectivity index (χ1n) is 8.21. The molecule has 1 saturated carbocycles. The van der Waals surface area contributed by atoms with Gasteiger partial charge in [0.2, 0.25) is 0 Å². The van der Waals surface area contributed by atoms with Crippen LogP contribution in [0.2, 0.25) is 5.02 Å². The fraction of sp³-hybridized carbons (Fsp3) is 0.812. The average molecular weight is 298 g/mol. The molecule has 0 radical (unpaired) electrons. The minimum Gasteiger partial charge on any atom is -0.311 e. The Morgan fingerprint density at radius 3 is 2.70 bits per heavy atom. The molecule has 2 rings (SSSR count). The standard InChI is InChI=1S/C16H28ClN3/c1-3-14-16(17)15(20(4-2)19-14)12-18-11-7-10-13-8-5-6-9-13/h13,18H,3-12H2,1-2H3. The van der Waals surface area contributed by atoms with E-state index < -0.39 is 0 Å². The number of hydrogen-bond donors (Lipinski definition) is 1. The van der Waals surface area contributed by atoms with Gasteiger partial charge in [0.05, 0.1) is 16.4 Å². The van der Waals surface area contributed by atoms with Gasteiger partial charge in [-0.25, -0.2) is 0 Å². The van der Waals surface area contributed by atoms with Crippen molar-refractivity contribution in [2.75, 3.05) is 6.54 Å². The third-order valence-electron chi connectivity index (χ3n) is 4.43. The second-order valence-corrected chi connectivity index (χ2v) is 6.22. The second-order valence-electron chi connectivity index (χ2n) is 5.85. The summed E-state index contributed by atoms with van der Waals surface area (Å²) in [6.07, 6.45) is 9.37. The number of aryl methyl sites for hydroxylation is 2. The SMILES string of the molecule is CCc1nn(CC)c(CNCCCC2CCCC2)c1Cl. The van der Waals surface area contributed by atoms with Gasteiger partial charge in [-0.1, -0.05) is 44.2 Å². The van der Waals surface area contributed by atoms with Gasteiger partial charge >= 0.3 is 0 Å². The molecular formula is C16H28ClN3. The minimum atomic E-state index is 0.838. The molecule has 3 nitrogen and oxygen atoms in total. The van der Waals surface area contributed by atoms with Gasteiger partial charge in [0.25, 0.3) is 0 Å². The zero-order valence-electron chi connectivity index (χ0n) is 12.9. The first-order valence-corrected chi connectivity index (χ1v) is 8.58. The molecule has 1 aliphatic carbocycles. The molecule has 1 aromatic heterocycles. The maximum atomic E-state index is 6.40. The lowest BCUT2D eigenvalue weighted by molar-refractivity contribution is 0.467. The second kappa shape index (κ2) is 8.04. The Bertz CT molecular complexity index is 408. The van der Waals surface area contributed by atoms with Crippen molar-refractivity contribution in [3.63, 3.8) is 0 Å². The molecule has 1 heterocycles. The zero-order chi connectivity index (χ0) is 14.4. The highest BCUT2D eigenvalue weighted by Crippen LogP contribution is 2.28. The van der Waals surface area contributed by atoms with Crippen LogP contribution in [0.1, 0.15) is 63.8 Å². The minimum absolute atomic E-state index is 0.838. The van der Waals surface area contributed by atoms with Crippen LogP contribution in [-0.4, -0.2) is 16.3 Å². The summed E-state index contributed by atoms with van der Waals surface area (Å²) < 4.78 is 2.03. The van der Waals surface area contributed by atoms with Gasteiger partial charge in [0, 0.05) is 13.1 Å². The summed E-state index contributed by atoms with van der Waals surface area (Å²) >= 11 is 6.40. The Hall–Kier alpha value is -0.540. The molecule has 1 aromatic rings. The molecule has 0 aliphatic heterocycles. The van der Waals surface area contributed by atoms with Crippen LogP contribution in [0.25, 0.3) is 0 Å². The van der Waals surface area contributed by atoms with Crippen LogP contribution in [-0.2, 0) is 19.5 Å². The summed E-state index contributed by atoms with van der Waals surface area (Å²) in [7, 11) is 0. The van der Waals surface area contributed by atoms with Crippen molar-refractivity contribution in [2.45, 2.75) is 71.9 Å². The zero-order valence-corrected chi connectivity index (χ0v) is 13.7. The van der Waals surface area contributed by atoms with E-state index in [1.807, 2.05) is 4.68 Å². The highest BCUT2D eigenvalue weighted by atomic mass is 35.5. The maximum absolute atomic E-state index is 6.40. The molecule has 1 N–H and O–H groups in total. The van der Waals surface area contributed by atoms with Gasteiger partial charge in [-0.05, 0) is 38.6 Å². The van der Waals surface area contributed by atoms with E-state index in [0.717, 1.165) is 48.4 Å². The first-order chi connectivity index (χ1) is 9.76. The molecule has 0 amide bonds. The first kappa shape index (κ1) is 15.8. The Morgan fingerprint density at radius 1 is 1.30 bits per heavy atom. The normalized spacial score (nSPS) is 16.1. The van der Waals surface area contributed by atoms with Crippen LogP contribution in [0.3, 0.4) is 0 Å². The van der Waals surface area contributed by atoms with Crippen molar-refractivity contribution in [2.24, 2.45) is 5.92 Å². The molecule has 0 atom stereocenters. The smallest absolute Gasteiger partial charge is 0.0863 e. The monoisotopic (exact) mass is 297 g/mol. The maximum Gasteiger partial charge on any atom is 0.0863 e.